The molecule has 2 aromatic carbocycles. The van der Waals surface area contributed by atoms with Crippen molar-refractivity contribution in [1.82, 2.24) is 14.9 Å². The summed E-state index contributed by atoms with van der Waals surface area (Å²) in [7, 11) is 0. The van der Waals surface area contributed by atoms with Crippen LogP contribution in [0, 0.1) is 10.6 Å². The molecule has 1 N–H and O–H groups in total. The quantitative estimate of drug-likeness (QED) is 0.525. The van der Waals surface area contributed by atoms with Crippen LogP contribution < -0.4 is 4.74 Å². The minimum Gasteiger partial charge on any atom is -0.494 e. The molecule has 0 amide bonds. The molecule has 1 aromatic heterocycles. The van der Waals surface area contributed by atoms with Crippen molar-refractivity contribution in [1.29, 1.82) is 0 Å². The number of aromatic amines is 1. The molecule has 0 unspecified atom stereocenters. The Balaban J connectivity index is 1.84. The minimum atomic E-state index is -0.343. The Bertz CT molecular complexity index is 931. The van der Waals surface area contributed by atoms with E-state index in [1.54, 1.807) is 18.3 Å². The van der Waals surface area contributed by atoms with Gasteiger partial charge in [-0.15, -0.1) is 0 Å². The van der Waals surface area contributed by atoms with Crippen LogP contribution in [0.2, 0.25) is 0 Å². The van der Waals surface area contributed by atoms with Crippen LogP contribution in [-0.2, 0) is 0 Å². The molecule has 0 saturated heterocycles. The number of aromatic nitrogens is 3. The van der Waals surface area contributed by atoms with Crippen molar-refractivity contribution >= 4 is 18.4 Å². The lowest BCUT2D eigenvalue weighted by Crippen LogP contribution is -1.96. The topological polar surface area (TPSA) is 55.2 Å². The lowest BCUT2D eigenvalue weighted by molar-refractivity contribution is 0.317. The SMILES string of the molecule is CCCOc1ccc(/C=N\n2c(-c3cccc(F)c3)n[nH]c2=S)cc1. The molecule has 0 radical (unpaired) electrons. The number of nitrogens with zero attached hydrogens (tertiary/aromatic N) is 3. The highest BCUT2D eigenvalue weighted by atomic mass is 32.1. The van der Waals surface area contributed by atoms with Crippen molar-refractivity contribution in [3.8, 4) is 17.1 Å². The number of hydrogen-bond acceptors (Lipinski definition) is 4. The smallest absolute Gasteiger partial charge is 0.216 e. The number of nitrogens with one attached hydrogen (secondary N) is 1. The molecule has 3 aromatic rings. The van der Waals surface area contributed by atoms with Gasteiger partial charge in [-0.2, -0.15) is 14.9 Å². The van der Waals surface area contributed by atoms with Crippen LogP contribution in [0.3, 0.4) is 0 Å². The van der Waals surface area contributed by atoms with Crippen LogP contribution in [0.1, 0.15) is 18.9 Å². The van der Waals surface area contributed by atoms with Gasteiger partial charge in [0.2, 0.25) is 4.77 Å². The molecular weight excluding hydrogens is 339 g/mol. The zero-order valence-electron chi connectivity index (χ0n) is 13.6. The number of ether oxygens (including phenoxy) is 1. The molecule has 3 rings (SSSR count). The van der Waals surface area contributed by atoms with Crippen LogP contribution in [0.4, 0.5) is 4.39 Å². The van der Waals surface area contributed by atoms with Gasteiger partial charge in [-0.3, -0.25) is 0 Å². The highest BCUT2D eigenvalue weighted by Gasteiger charge is 2.08. The zero-order valence-corrected chi connectivity index (χ0v) is 14.5. The van der Waals surface area contributed by atoms with E-state index >= 15 is 0 Å². The molecule has 0 aliphatic carbocycles. The first kappa shape index (κ1) is 17.0. The van der Waals surface area contributed by atoms with Crippen LogP contribution in [0.15, 0.2) is 53.6 Å². The van der Waals surface area contributed by atoms with E-state index in [-0.39, 0.29) is 5.82 Å². The predicted molar refractivity (Wildman–Crippen MR) is 98.0 cm³/mol. The second kappa shape index (κ2) is 7.85. The Labute approximate surface area is 149 Å². The van der Waals surface area contributed by atoms with Crippen molar-refractivity contribution < 1.29 is 9.13 Å². The third kappa shape index (κ3) is 4.19. The second-order valence-electron chi connectivity index (χ2n) is 5.34. The summed E-state index contributed by atoms with van der Waals surface area (Å²) in [5, 5.41) is 11.2. The molecule has 0 aliphatic rings. The molecule has 0 bridgehead atoms. The van der Waals surface area contributed by atoms with E-state index in [0.29, 0.717) is 22.8 Å². The Morgan fingerprint density at radius 2 is 2.08 bits per heavy atom. The molecule has 0 aliphatic heterocycles. The van der Waals surface area contributed by atoms with Gasteiger partial charge in [-0.05, 0) is 60.6 Å². The Hall–Kier alpha value is -2.80. The first-order valence-corrected chi connectivity index (χ1v) is 8.29. The van der Waals surface area contributed by atoms with Crippen molar-refractivity contribution in [3.63, 3.8) is 0 Å². The van der Waals surface area contributed by atoms with Gasteiger partial charge in [0.25, 0.3) is 0 Å². The first-order chi connectivity index (χ1) is 12.2. The van der Waals surface area contributed by atoms with Crippen LogP contribution in [0.5, 0.6) is 5.75 Å². The lowest BCUT2D eigenvalue weighted by Gasteiger charge is -2.04. The fraction of sp³-hybridized carbons (Fsp3) is 0.167. The molecule has 128 valence electrons. The van der Waals surface area contributed by atoms with Crippen LogP contribution >= 0.6 is 12.2 Å². The maximum absolute atomic E-state index is 13.4. The molecule has 0 atom stereocenters. The molecular formula is C18H17FN4OS. The average Bonchev–Trinajstić information content (AvgIpc) is 3.00. The van der Waals surface area contributed by atoms with Crippen molar-refractivity contribution in [2.75, 3.05) is 6.61 Å². The lowest BCUT2D eigenvalue weighted by atomic mass is 10.2. The van der Waals surface area contributed by atoms with Gasteiger partial charge in [0.15, 0.2) is 5.82 Å². The summed E-state index contributed by atoms with van der Waals surface area (Å²) in [6, 6.07) is 13.7. The molecule has 5 nitrogen and oxygen atoms in total. The second-order valence-corrected chi connectivity index (χ2v) is 5.72. The number of halogens is 1. The Morgan fingerprint density at radius 1 is 1.28 bits per heavy atom. The van der Waals surface area contributed by atoms with Gasteiger partial charge in [-0.25, -0.2) is 9.49 Å². The number of benzene rings is 2. The average molecular weight is 356 g/mol. The van der Waals surface area contributed by atoms with E-state index in [4.69, 9.17) is 17.0 Å². The molecule has 0 spiro atoms. The Morgan fingerprint density at radius 3 is 2.80 bits per heavy atom. The molecule has 7 heteroatoms. The van der Waals surface area contributed by atoms with Crippen molar-refractivity contribution in [2.24, 2.45) is 5.10 Å². The van der Waals surface area contributed by atoms with Gasteiger partial charge in [0.1, 0.15) is 11.6 Å². The summed E-state index contributed by atoms with van der Waals surface area (Å²) >= 11 is 5.21. The van der Waals surface area contributed by atoms with Crippen LogP contribution in [-0.4, -0.2) is 27.7 Å². The van der Waals surface area contributed by atoms with E-state index in [2.05, 4.69) is 22.2 Å². The largest absolute Gasteiger partial charge is 0.494 e. The molecule has 0 saturated carbocycles. The molecule has 0 fully saturated rings. The summed E-state index contributed by atoms with van der Waals surface area (Å²) in [6.45, 7) is 2.75. The summed E-state index contributed by atoms with van der Waals surface area (Å²) < 4.78 is 20.8. The van der Waals surface area contributed by atoms with Gasteiger partial charge in [0, 0.05) is 5.56 Å². The zero-order chi connectivity index (χ0) is 17.6. The predicted octanol–water partition coefficient (Wildman–Crippen LogP) is 4.42. The monoisotopic (exact) mass is 356 g/mol. The van der Waals surface area contributed by atoms with Crippen LogP contribution in [0.25, 0.3) is 11.4 Å². The molecule has 25 heavy (non-hydrogen) atoms. The highest BCUT2D eigenvalue weighted by molar-refractivity contribution is 7.71. The number of rotatable bonds is 6. The van der Waals surface area contributed by atoms with Gasteiger partial charge < -0.3 is 4.74 Å². The minimum absolute atomic E-state index is 0.332. The molecule has 1 heterocycles. The van der Waals surface area contributed by atoms with E-state index in [1.165, 1.54) is 16.8 Å². The standard InChI is InChI=1S/C18H17FN4OS/c1-2-10-24-16-8-6-13(7-9-16)12-20-23-17(21-22-18(23)25)14-4-3-5-15(19)11-14/h3-9,11-12H,2,10H2,1H3,(H,22,25)/b20-12-. The maximum Gasteiger partial charge on any atom is 0.216 e. The van der Waals surface area contributed by atoms with Crippen molar-refractivity contribution in [3.05, 3.63) is 64.7 Å². The first-order valence-electron chi connectivity index (χ1n) is 7.88. The summed E-state index contributed by atoms with van der Waals surface area (Å²) in [5.41, 5.74) is 1.48. The van der Waals surface area contributed by atoms with E-state index in [9.17, 15) is 4.39 Å². The fourth-order valence-electron chi connectivity index (χ4n) is 2.21. The van der Waals surface area contributed by atoms with E-state index in [1.807, 2.05) is 24.3 Å². The number of H-pyrrole nitrogens is 1. The summed E-state index contributed by atoms with van der Waals surface area (Å²) in [4.78, 5) is 0. The van der Waals surface area contributed by atoms with Gasteiger partial charge in [-0.1, -0.05) is 19.1 Å². The Kier molecular flexibility index (Phi) is 5.35. The third-order valence-electron chi connectivity index (χ3n) is 3.41. The summed E-state index contributed by atoms with van der Waals surface area (Å²) in [6.07, 6.45) is 2.63. The summed E-state index contributed by atoms with van der Waals surface area (Å²) in [5.74, 6) is 0.924. The van der Waals surface area contributed by atoms with Gasteiger partial charge >= 0.3 is 0 Å². The van der Waals surface area contributed by atoms with E-state index < -0.39 is 0 Å². The third-order valence-corrected chi connectivity index (χ3v) is 3.67. The van der Waals surface area contributed by atoms with E-state index in [0.717, 1.165) is 17.7 Å². The number of hydrogen-bond donors (Lipinski definition) is 1. The van der Waals surface area contributed by atoms with Crippen molar-refractivity contribution in [2.45, 2.75) is 13.3 Å². The van der Waals surface area contributed by atoms with Gasteiger partial charge in [0.05, 0.1) is 12.8 Å². The highest BCUT2D eigenvalue weighted by Crippen LogP contribution is 2.18. The maximum atomic E-state index is 13.4. The fourth-order valence-corrected chi connectivity index (χ4v) is 2.39. The normalized spacial score (nSPS) is 11.1.